The highest BCUT2D eigenvalue weighted by Gasteiger charge is 2.35. The van der Waals surface area contributed by atoms with E-state index in [9.17, 15) is 4.79 Å². The molecule has 4 nitrogen and oxygen atoms in total. The second-order valence-electron chi connectivity index (χ2n) is 6.47. The first-order valence-electron chi connectivity index (χ1n) is 8.69. The Balaban J connectivity index is 1.72. The predicted molar refractivity (Wildman–Crippen MR) is 101 cm³/mol. The minimum absolute atomic E-state index is 0.0859. The van der Waals surface area contributed by atoms with Gasteiger partial charge in [0.1, 0.15) is 5.82 Å². The van der Waals surface area contributed by atoms with Crippen LogP contribution in [0.3, 0.4) is 0 Å². The standard InChI is InChI=1S/C20H20ClN3O/c1-2-11-23-18-10-6-4-8-16(18)22-20(23)14-12-19(25)24(13-14)17-9-5-3-7-15(17)21/h3-10,14H,2,11-13H2,1H3/t14-/m0/s1. The largest absolute Gasteiger partial charge is 0.328 e. The first kappa shape index (κ1) is 16.2. The number of aromatic nitrogens is 2. The van der Waals surface area contributed by atoms with E-state index in [1.54, 1.807) is 4.90 Å². The number of carbonyl (C=O) groups excluding carboxylic acids is 1. The van der Waals surface area contributed by atoms with E-state index in [0.717, 1.165) is 35.5 Å². The van der Waals surface area contributed by atoms with Crippen molar-refractivity contribution in [3.8, 4) is 0 Å². The smallest absolute Gasteiger partial charge is 0.227 e. The molecule has 0 unspecified atom stereocenters. The molecule has 25 heavy (non-hydrogen) atoms. The number of nitrogens with zero attached hydrogens (tertiary/aromatic N) is 3. The fraction of sp³-hybridized carbons (Fsp3) is 0.300. The Kier molecular flexibility index (Phi) is 4.22. The average molecular weight is 354 g/mol. The Hall–Kier alpha value is -2.33. The van der Waals surface area contributed by atoms with Gasteiger partial charge >= 0.3 is 0 Å². The summed E-state index contributed by atoms with van der Waals surface area (Å²) >= 11 is 6.29. The van der Waals surface area contributed by atoms with Gasteiger partial charge < -0.3 is 9.47 Å². The zero-order chi connectivity index (χ0) is 17.4. The normalized spacial score (nSPS) is 17.6. The Morgan fingerprint density at radius 3 is 2.72 bits per heavy atom. The van der Waals surface area contributed by atoms with Gasteiger partial charge in [-0.1, -0.05) is 42.8 Å². The van der Waals surface area contributed by atoms with E-state index < -0.39 is 0 Å². The van der Waals surface area contributed by atoms with Gasteiger partial charge in [0.25, 0.3) is 0 Å². The Morgan fingerprint density at radius 2 is 1.92 bits per heavy atom. The fourth-order valence-corrected chi connectivity index (χ4v) is 3.89. The van der Waals surface area contributed by atoms with Crippen LogP contribution < -0.4 is 4.90 Å². The van der Waals surface area contributed by atoms with Crippen molar-refractivity contribution in [1.29, 1.82) is 0 Å². The van der Waals surface area contributed by atoms with Crippen LogP contribution in [0.1, 0.15) is 31.5 Å². The molecule has 1 aliphatic rings. The van der Waals surface area contributed by atoms with E-state index in [-0.39, 0.29) is 11.8 Å². The molecule has 0 N–H and O–H groups in total. The number of anilines is 1. The molecule has 5 heteroatoms. The highest BCUT2D eigenvalue weighted by molar-refractivity contribution is 6.33. The quantitative estimate of drug-likeness (QED) is 0.686. The second-order valence-corrected chi connectivity index (χ2v) is 6.87. The summed E-state index contributed by atoms with van der Waals surface area (Å²) in [6.45, 7) is 3.69. The molecule has 1 atom stereocenters. The SMILES string of the molecule is CCCn1c([C@H]2CC(=O)N(c3ccccc3Cl)C2)nc2ccccc21. The van der Waals surface area contributed by atoms with Crippen LogP contribution in [0, 0.1) is 0 Å². The summed E-state index contributed by atoms with van der Waals surface area (Å²) in [7, 11) is 0. The van der Waals surface area contributed by atoms with Gasteiger partial charge in [0.15, 0.2) is 0 Å². The van der Waals surface area contributed by atoms with Gasteiger partial charge in [0, 0.05) is 25.4 Å². The molecular formula is C20H20ClN3O. The van der Waals surface area contributed by atoms with E-state index >= 15 is 0 Å². The van der Waals surface area contributed by atoms with Crippen molar-refractivity contribution >= 4 is 34.2 Å². The second kappa shape index (κ2) is 6.52. The third-order valence-corrected chi connectivity index (χ3v) is 5.08. The molecule has 1 amide bonds. The van der Waals surface area contributed by atoms with Crippen LogP contribution in [0.2, 0.25) is 5.02 Å². The Labute approximate surface area is 152 Å². The Morgan fingerprint density at radius 1 is 1.16 bits per heavy atom. The van der Waals surface area contributed by atoms with E-state index in [1.807, 2.05) is 42.5 Å². The molecule has 1 saturated heterocycles. The van der Waals surface area contributed by atoms with Crippen molar-refractivity contribution < 1.29 is 4.79 Å². The van der Waals surface area contributed by atoms with Crippen LogP contribution in [-0.2, 0) is 11.3 Å². The van der Waals surface area contributed by atoms with Crippen molar-refractivity contribution in [2.45, 2.75) is 32.2 Å². The molecule has 0 bridgehead atoms. The highest BCUT2D eigenvalue weighted by Crippen LogP contribution is 2.35. The molecule has 0 spiro atoms. The van der Waals surface area contributed by atoms with Gasteiger partial charge in [-0.05, 0) is 30.7 Å². The monoisotopic (exact) mass is 353 g/mol. The molecule has 4 rings (SSSR count). The molecule has 3 aromatic rings. The van der Waals surface area contributed by atoms with Crippen molar-refractivity contribution in [3.05, 3.63) is 59.4 Å². The van der Waals surface area contributed by atoms with Gasteiger partial charge in [-0.3, -0.25) is 4.79 Å². The highest BCUT2D eigenvalue weighted by atomic mass is 35.5. The van der Waals surface area contributed by atoms with Crippen LogP contribution >= 0.6 is 11.6 Å². The lowest BCUT2D eigenvalue weighted by molar-refractivity contribution is -0.117. The first-order valence-corrected chi connectivity index (χ1v) is 9.07. The molecule has 128 valence electrons. The van der Waals surface area contributed by atoms with Crippen LogP contribution in [0.25, 0.3) is 11.0 Å². The van der Waals surface area contributed by atoms with E-state index in [1.165, 1.54) is 0 Å². The number of halogens is 1. The van der Waals surface area contributed by atoms with Gasteiger partial charge in [-0.25, -0.2) is 4.98 Å². The lowest BCUT2D eigenvalue weighted by atomic mass is 10.1. The zero-order valence-electron chi connectivity index (χ0n) is 14.2. The van der Waals surface area contributed by atoms with Crippen LogP contribution in [0.15, 0.2) is 48.5 Å². The van der Waals surface area contributed by atoms with Crippen molar-refractivity contribution in [1.82, 2.24) is 9.55 Å². The minimum Gasteiger partial charge on any atom is -0.328 e. The van der Waals surface area contributed by atoms with Gasteiger partial charge in [0.2, 0.25) is 5.91 Å². The summed E-state index contributed by atoms with van der Waals surface area (Å²) in [6, 6.07) is 15.7. The van der Waals surface area contributed by atoms with E-state index in [0.29, 0.717) is 18.0 Å². The predicted octanol–water partition coefficient (Wildman–Crippen LogP) is 4.62. The molecule has 0 saturated carbocycles. The molecule has 1 fully saturated rings. The topological polar surface area (TPSA) is 38.1 Å². The number of para-hydroxylation sites is 3. The fourth-order valence-electron chi connectivity index (χ4n) is 3.65. The minimum atomic E-state index is 0.0859. The number of benzene rings is 2. The number of hydrogen-bond donors (Lipinski definition) is 0. The molecule has 0 radical (unpaired) electrons. The van der Waals surface area contributed by atoms with Crippen molar-refractivity contribution in [2.75, 3.05) is 11.4 Å². The van der Waals surface area contributed by atoms with E-state index in [2.05, 4.69) is 17.6 Å². The summed E-state index contributed by atoms with van der Waals surface area (Å²) in [5.74, 6) is 1.20. The summed E-state index contributed by atoms with van der Waals surface area (Å²) in [6.07, 6.45) is 1.50. The third kappa shape index (κ3) is 2.81. The number of amides is 1. The number of aryl methyl sites for hydroxylation is 1. The molecule has 1 aromatic heterocycles. The third-order valence-electron chi connectivity index (χ3n) is 4.76. The molecular weight excluding hydrogens is 334 g/mol. The average Bonchev–Trinajstić information content (AvgIpc) is 3.17. The van der Waals surface area contributed by atoms with Crippen LogP contribution in [0.5, 0.6) is 0 Å². The molecule has 1 aliphatic heterocycles. The Bertz CT molecular complexity index is 934. The maximum Gasteiger partial charge on any atom is 0.227 e. The summed E-state index contributed by atoms with van der Waals surface area (Å²) in [5.41, 5.74) is 2.92. The zero-order valence-corrected chi connectivity index (χ0v) is 14.9. The first-order chi connectivity index (χ1) is 12.2. The van der Waals surface area contributed by atoms with Crippen LogP contribution in [-0.4, -0.2) is 22.0 Å². The lowest BCUT2D eigenvalue weighted by Gasteiger charge is -2.18. The maximum atomic E-state index is 12.6. The number of fused-ring (bicyclic) bond motifs is 1. The van der Waals surface area contributed by atoms with E-state index in [4.69, 9.17) is 16.6 Å². The van der Waals surface area contributed by atoms with Crippen molar-refractivity contribution in [2.24, 2.45) is 0 Å². The van der Waals surface area contributed by atoms with Gasteiger partial charge in [0.05, 0.1) is 21.7 Å². The molecule has 2 aromatic carbocycles. The van der Waals surface area contributed by atoms with Gasteiger partial charge in [-0.2, -0.15) is 0 Å². The molecule has 0 aliphatic carbocycles. The number of imidazole rings is 1. The van der Waals surface area contributed by atoms with Crippen LogP contribution in [0.4, 0.5) is 5.69 Å². The maximum absolute atomic E-state index is 12.6. The molecule has 2 heterocycles. The lowest BCUT2D eigenvalue weighted by Crippen LogP contribution is -2.24. The summed E-state index contributed by atoms with van der Waals surface area (Å²) in [4.78, 5) is 19.3. The van der Waals surface area contributed by atoms with Crippen molar-refractivity contribution in [3.63, 3.8) is 0 Å². The summed E-state index contributed by atoms with van der Waals surface area (Å²) in [5, 5.41) is 0.610. The number of rotatable bonds is 4. The number of hydrogen-bond acceptors (Lipinski definition) is 2. The number of carbonyl (C=O) groups is 1. The van der Waals surface area contributed by atoms with Gasteiger partial charge in [-0.15, -0.1) is 0 Å². The summed E-state index contributed by atoms with van der Waals surface area (Å²) < 4.78 is 2.27.